The molecule has 2 aromatic rings. The van der Waals surface area contributed by atoms with E-state index in [0.717, 1.165) is 0 Å². The molecule has 2 heterocycles. The molecule has 7 heteroatoms. The maximum atomic E-state index is 11.0. The van der Waals surface area contributed by atoms with Gasteiger partial charge < -0.3 is 10.7 Å². The number of nitrogens with two attached hydrogens (primary N) is 1. The van der Waals surface area contributed by atoms with Gasteiger partial charge >= 0.3 is 17.6 Å². The van der Waals surface area contributed by atoms with Gasteiger partial charge in [-0.15, -0.1) is 0 Å². The maximum absolute atomic E-state index is 11.0. The van der Waals surface area contributed by atoms with E-state index < -0.39 is 0 Å². The molecule has 0 aromatic carbocycles. The van der Waals surface area contributed by atoms with Gasteiger partial charge in [-0.25, -0.2) is 4.98 Å². The van der Waals surface area contributed by atoms with Crippen molar-refractivity contribution in [3.63, 3.8) is 0 Å². The molecular weight excluding hydrogens is 219 g/mol. The van der Waals surface area contributed by atoms with Crippen LogP contribution in [0, 0.1) is 0 Å². The van der Waals surface area contributed by atoms with Gasteiger partial charge in [0.2, 0.25) is 5.95 Å². The summed E-state index contributed by atoms with van der Waals surface area (Å²) in [6, 6.07) is 0. The SMILES string of the molecule is Nc1nc2nc[nH]c2c(=O)[nH]1.[GeH4]. The minimum absolute atomic E-state index is 0. The van der Waals surface area contributed by atoms with Crippen molar-refractivity contribution >= 4 is 34.7 Å². The molecule has 0 saturated carbocycles. The van der Waals surface area contributed by atoms with Crippen molar-refractivity contribution in [2.75, 3.05) is 5.73 Å². The number of H-pyrrole nitrogens is 2. The standard InChI is InChI=1S/C5H5N5O.GeH4/c6-5-9-3-2(4(11)10-5)7-1-8-3;/h1H,(H4,6,7,8,9,10,11);1H4. The first-order valence-electron chi connectivity index (χ1n) is 2.96. The van der Waals surface area contributed by atoms with Gasteiger partial charge in [0.25, 0.3) is 5.56 Å². The summed E-state index contributed by atoms with van der Waals surface area (Å²) in [5.74, 6) is 0.0783. The van der Waals surface area contributed by atoms with Crippen LogP contribution < -0.4 is 11.3 Å². The Bertz CT molecular complexity index is 446. The van der Waals surface area contributed by atoms with Crippen LogP contribution in [0.2, 0.25) is 0 Å². The van der Waals surface area contributed by atoms with Gasteiger partial charge in [-0.3, -0.25) is 9.78 Å². The Kier molecular flexibility index (Phi) is 2.18. The van der Waals surface area contributed by atoms with Crippen molar-refractivity contribution in [2.45, 2.75) is 0 Å². The molecule has 6 nitrogen and oxygen atoms in total. The molecule has 0 aliphatic heterocycles. The summed E-state index contributed by atoms with van der Waals surface area (Å²) in [7, 11) is 0. The number of nitrogens with one attached hydrogen (secondary N) is 2. The number of aromatic nitrogens is 4. The van der Waals surface area contributed by atoms with E-state index in [0.29, 0.717) is 11.2 Å². The molecule has 0 atom stereocenters. The van der Waals surface area contributed by atoms with Gasteiger partial charge in [-0.05, 0) is 0 Å². The van der Waals surface area contributed by atoms with Crippen LogP contribution in [0.4, 0.5) is 5.95 Å². The quantitative estimate of drug-likeness (QED) is 0.444. The average Bonchev–Trinajstić information content (AvgIpc) is 2.34. The van der Waals surface area contributed by atoms with E-state index in [1.165, 1.54) is 6.33 Å². The summed E-state index contributed by atoms with van der Waals surface area (Å²) in [5.41, 5.74) is 5.65. The molecule has 12 heavy (non-hydrogen) atoms. The molecule has 0 amide bonds. The third-order valence-electron chi connectivity index (χ3n) is 1.31. The Balaban J connectivity index is 0.000000720. The number of imidazole rings is 1. The van der Waals surface area contributed by atoms with Crippen molar-refractivity contribution in [2.24, 2.45) is 0 Å². The first-order chi connectivity index (χ1) is 5.27. The van der Waals surface area contributed by atoms with Crippen LogP contribution in [-0.2, 0) is 0 Å². The Morgan fingerprint density at radius 1 is 1.50 bits per heavy atom. The average molecular weight is 228 g/mol. The molecule has 2 rings (SSSR count). The number of nitrogens with zero attached hydrogens (tertiary/aromatic N) is 2. The minimum atomic E-state index is -0.301. The van der Waals surface area contributed by atoms with Crippen LogP contribution >= 0.6 is 0 Å². The summed E-state index contributed by atoms with van der Waals surface area (Å²) in [4.78, 5) is 23.5. The predicted molar refractivity (Wildman–Crippen MR) is 50.3 cm³/mol. The molecule has 0 spiro atoms. The van der Waals surface area contributed by atoms with Crippen LogP contribution in [0.15, 0.2) is 11.1 Å². The first-order valence-corrected chi connectivity index (χ1v) is 2.96. The summed E-state index contributed by atoms with van der Waals surface area (Å²) >= 11 is 0. The van der Waals surface area contributed by atoms with Crippen LogP contribution in [0.5, 0.6) is 0 Å². The molecular formula is C5H9GeN5O. The third kappa shape index (κ3) is 1.20. The van der Waals surface area contributed by atoms with Crippen LogP contribution in [0.3, 0.4) is 0 Å². The fourth-order valence-electron chi connectivity index (χ4n) is 0.860. The van der Waals surface area contributed by atoms with E-state index in [1.807, 2.05) is 0 Å². The monoisotopic (exact) mass is 229 g/mol. The number of aromatic amines is 2. The third-order valence-corrected chi connectivity index (χ3v) is 1.31. The zero-order valence-corrected chi connectivity index (χ0v) is 5.46. The van der Waals surface area contributed by atoms with Gasteiger partial charge in [-0.2, -0.15) is 4.98 Å². The summed E-state index contributed by atoms with van der Waals surface area (Å²) in [6.07, 6.45) is 1.40. The van der Waals surface area contributed by atoms with E-state index in [1.54, 1.807) is 0 Å². The predicted octanol–water partition coefficient (Wildman–Crippen LogP) is -2.22. The zero-order valence-electron chi connectivity index (χ0n) is 5.46. The normalized spacial score (nSPS) is 9.67. The van der Waals surface area contributed by atoms with Crippen LogP contribution in [0.1, 0.15) is 0 Å². The second-order valence-corrected chi connectivity index (χ2v) is 2.05. The Morgan fingerprint density at radius 2 is 2.25 bits per heavy atom. The molecule has 2 aromatic heterocycles. The zero-order chi connectivity index (χ0) is 7.84. The van der Waals surface area contributed by atoms with Gasteiger partial charge in [0, 0.05) is 0 Å². The molecule has 0 bridgehead atoms. The fourth-order valence-corrected chi connectivity index (χ4v) is 0.860. The van der Waals surface area contributed by atoms with Gasteiger partial charge in [0.15, 0.2) is 11.2 Å². The van der Waals surface area contributed by atoms with Crippen molar-refractivity contribution < 1.29 is 0 Å². The van der Waals surface area contributed by atoms with Crippen molar-refractivity contribution in [3.05, 3.63) is 16.7 Å². The van der Waals surface area contributed by atoms with Crippen molar-refractivity contribution in [1.29, 1.82) is 0 Å². The number of anilines is 1. The molecule has 64 valence electrons. The summed E-state index contributed by atoms with van der Waals surface area (Å²) in [6.45, 7) is 0. The summed E-state index contributed by atoms with van der Waals surface area (Å²) in [5, 5.41) is 0. The fraction of sp³-hybridized carbons (Fsp3) is 0. The molecule has 0 radical (unpaired) electrons. The van der Waals surface area contributed by atoms with E-state index in [9.17, 15) is 4.79 Å². The van der Waals surface area contributed by atoms with E-state index in [2.05, 4.69) is 19.9 Å². The molecule has 0 aliphatic rings. The van der Waals surface area contributed by atoms with E-state index in [-0.39, 0.29) is 29.1 Å². The van der Waals surface area contributed by atoms with E-state index >= 15 is 0 Å². The molecule has 0 saturated heterocycles. The Morgan fingerprint density at radius 3 is 3.00 bits per heavy atom. The second kappa shape index (κ2) is 2.97. The van der Waals surface area contributed by atoms with E-state index in [4.69, 9.17) is 5.73 Å². The van der Waals surface area contributed by atoms with Gasteiger partial charge in [-0.1, -0.05) is 0 Å². The molecule has 0 aliphatic carbocycles. The van der Waals surface area contributed by atoms with Gasteiger partial charge in [0.05, 0.1) is 6.33 Å². The Hall–Kier alpha value is -1.31. The Labute approximate surface area is 77.6 Å². The number of nitrogen functional groups attached to an aromatic ring is 1. The number of hydrogen-bond acceptors (Lipinski definition) is 4. The summed E-state index contributed by atoms with van der Waals surface area (Å²) < 4.78 is 0. The number of rotatable bonds is 0. The number of fused-ring (bicyclic) bond motifs is 1. The van der Waals surface area contributed by atoms with Crippen molar-refractivity contribution in [1.82, 2.24) is 19.9 Å². The second-order valence-electron chi connectivity index (χ2n) is 2.05. The van der Waals surface area contributed by atoms with Crippen molar-refractivity contribution in [3.8, 4) is 0 Å². The molecule has 0 unspecified atom stereocenters. The molecule has 0 fully saturated rings. The topological polar surface area (TPSA) is 100 Å². The van der Waals surface area contributed by atoms with Crippen LogP contribution in [0.25, 0.3) is 11.2 Å². The van der Waals surface area contributed by atoms with Gasteiger partial charge in [0.1, 0.15) is 0 Å². The molecule has 4 N–H and O–H groups in total. The first kappa shape index (κ1) is 8.79. The number of hydrogen-bond donors (Lipinski definition) is 3. The van der Waals surface area contributed by atoms with Crippen LogP contribution in [-0.4, -0.2) is 37.5 Å².